The lowest BCUT2D eigenvalue weighted by molar-refractivity contribution is -0.138. The number of rotatable bonds is 3. The van der Waals surface area contributed by atoms with Crippen LogP contribution in [0.1, 0.15) is 47.5 Å². The molecule has 0 aromatic heterocycles. The normalized spacial score (nSPS) is 27.0. The van der Waals surface area contributed by atoms with Gasteiger partial charge < -0.3 is 9.47 Å². The Morgan fingerprint density at radius 1 is 1.07 bits per heavy atom. The fourth-order valence-electron chi connectivity index (χ4n) is 1.48. The summed E-state index contributed by atoms with van der Waals surface area (Å²) in [7, 11) is 0. The quantitative estimate of drug-likeness (QED) is 0.699. The van der Waals surface area contributed by atoms with Crippen molar-refractivity contribution in [2.24, 2.45) is 5.92 Å². The van der Waals surface area contributed by atoms with Gasteiger partial charge in [0.05, 0.1) is 25.4 Å². The predicted molar refractivity (Wildman–Crippen MR) is 60.6 cm³/mol. The van der Waals surface area contributed by atoms with E-state index < -0.39 is 0 Å². The maximum atomic E-state index is 5.67. The highest BCUT2D eigenvalue weighted by Gasteiger charge is 2.21. The fourth-order valence-corrected chi connectivity index (χ4v) is 1.48. The second-order valence-corrected chi connectivity index (χ2v) is 3.95. The van der Waals surface area contributed by atoms with E-state index in [9.17, 15) is 0 Å². The van der Waals surface area contributed by atoms with Gasteiger partial charge in [0.25, 0.3) is 0 Å². The van der Waals surface area contributed by atoms with Crippen molar-refractivity contribution >= 4 is 0 Å². The van der Waals surface area contributed by atoms with Crippen LogP contribution in [0.2, 0.25) is 0 Å². The van der Waals surface area contributed by atoms with Crippen molar-refractivity contribution in [3.63, 3.8) is 0 Å². The summed E-state index contributed by atoms with van der Waals surface area (Å²) >= 11 is 0. The first-order valence-corrected chi connectivity index (χ1v) is 5.95. The molecule has 0 saturated carbocycles. The molecule has 0 aromatic rings. The van der Waals surface area contributed by atoms with E-state index in [1.54, 1.807) is 0 Å². The Labute approximate surface area is 89.0 Å². The minimum atomic E-state index is 0.341. The fraction of sp³-hybridized carbons (Fsp3) is 1.00. The molecule has 0 bridgehead atoms. The van der Waals surface area contributed by atoms with E-state index in [0.29, 0.717) is 18.1 Å². The average molecular weight is 202 g/mol. The van der Waals surface area contributed by atoms with E-state index in [-0.39, 0.29) is 0 Å². The molecule has 0 aliphatic carbocycles. The van der Waals surface area contributed by atoms with E-state index in [1.807, 2.05) is 13.8 Å². The largest absolute Gasteiger partial charge is 0.373 e. The van der Waals surface area contributed by atoms with Crippen LogP contribution >= 0.6 is 0 Å². The molecule has 2 atom stereocenters. The van der Waals surface area contributed by atoms with Gasteiger partial charge in [0, 0.05) is 0 Å². The van der Waals surface area contributed by atoms with Crippen molar-refractivity contribution in [3.8, 4) is 0 Å². The molecule has 0 radical (unpaired) electrons. The lowest BCUT2D eigenvalue weighted by Crippen LogP contribution is -2.35. The zero-order chi connectivity index (χ0) is 11.0. The van der Waals surface area contributed by atoms with Crippen molar-refractivity contribution in [1.82, 2.24) is 0 Å². The van der Waals surface area contributed by atoms with Crippen molar-refractivity contribution < 1.29 is 9.47 Å². The van der Waals surface area contributed by atoms with Crippen LogP contribution in [0, 0.1) is 5.92 Å². The summed E-state index contributed by atoms with van der Waals surface area (Å²) in [6.07, 6.45) is 2.87. The summed E-state index contributed by atoms with van der Waals surface area (Å²) in [4.78, 5) is 0. The molecule has 0 amide bonds. The third kappa shape index (κ3) is 5.61. The molecular formula is C12H26O2. The molecule has 0 N–H and O–H groups in total. The molecule has 0 spiro atoms. The Balaban J connectivity index is 0.000000791. The predicted octanol–water partition coefficient (Wildman–Crippen LogP) is 3.25. The molecule has 1 aliphatic heterocycles. The number of hydrogen-bond acceptors (Lipinski definition) is 2. The van der Waals surface area contributed by atoms with Crippen LogP contribution in [0.4, 0.5) is 0 Å². The highest BCUT2D eigenvalue weighted by atomic mass is 16.6. The lowest BCUT2D eigenvalue weighted by atomic mass is 10.1. The summed E-state index contributed by atoms with van der Waals surface area (Å²) in [6.45, 7) is 12.1. The first kappa shape index (κ1) is 13.9. The van der Waals surface area contributed by atoms with Crippen molar-refractivity contribution in [1.29, 1.82) is 0 Å². The number of hydrogen-bond donors (Lipinski definition) is 0. The summed E-state index contributed by atoms with van der Waals surface area (Å²) in [5, 5.41) is 0. The van der Waals surface area contributed by atoms with E-state index in [0.717, 1.165) is 26.1 Å². The minimum Gasteiger partial charge on any atom is -0.373 e. The molecular weight excluding hydrogens is 176 g/mol. The monoisotopic (exact) mass is 202 g/mol. The number of ether oxygens (including phenoxy) is 2. The molecule has 2 nitrogen and oxygen atoms in total. The molecule has 1 saturated heterocycles. The van der Waals surface area contributed by atoms with Crippen LogP contribution in [0.5, 0.6) is 0 Å². The maximum absolute atomic E-state index is 5.67. The highest BCUT2D eigenvalue weighted by molar-refractivity contribution is 4.67. The smallest absolute Gasteiger partial charge is 0.0812 e. The van der Waals surface area contributed by atoms with Gasteiger partial charge in [-0.25, -0.2) is 0 Å². The van der Waals surface area contributed by atoms with Crippen molar-refractivity contribution in [2.45, 2.75) is 59.7 Å². The van der Waals surface area contributed by atoms with Gasteiger partial charge >= 0.3 is 0 Å². The Morgan fingerprint density at radius 2 is 1.57 bits per heavy atom. The van der Waals surface area contributed by atoms with Gasteiger partial charge in [0.2, 0.25) is 0 Å². The van der Waals surface area contributed by atoms with Gasteiger partial charge in [-0.2, -0.15) is 0 Å². The third-order valence-corrected chi connectivity index (χ3v) is 2.23. The second kappa shape index (κ2) is 8.25. The molecule has 86 valence electrons. The molecule has 2 heteroatoms. The van der Waals surface area contributed by atoms with Gasteiger partial charge in [-0.15, -0.1) is 0 Å². The van der Waals surface area contributed by atoms with E-state index in [1.165, 1.54) is 0 Å². The lowest BCUT2D eigenvalue weighted by Gasteiger charge is -2.29. The third-order valence-electron chi connectivity index (χ3n) is 2.23. The Hall–Kier alpha value is -0.0800. The highest BCUT2D eigenvalue weighted by Crippen LogP contribution is 2.15. The molecule has 2 unspecified atom stereocenters. The standard InChI is InChI=1S/C10H20O2.C2H6/c1-4-9-6-12-10(7-11-9)5-8(2)3;1-2/h8-10H,4-7H2,1-3H3;1-2H3. The molecule has 1 aliphatic rings. The Morgan fingerprint density at radius 3 is 1.93 bits per heavy atom. The van der Waals surface area contributed by atoms with Gasteiger partial charge in [-0.05, 0) is 18.8 Å². The van der Waals surface area contributed by atoms with Gasteiger partial charge in [0.1, 0.15) is 0 Å². The minimum absolute atomic E-state index is 0.341. The zero-order valence-electron chi connectivity index (χ0n) is 10.4. The molecule has 14 heavy (non-hydrogen) atoms. The summed E-state index contributed by atoms with van der Waals surface area (Å²) in [5.74, 6) is 0.705. The van der Waals surface area contributed by atoms with E-state index in [2.05, 4.69) is 20.8 Å². The Bertz CT molecular complexity index is 115. The SMILES string of the molecule is CC.CCC1COC(CC(C)C)CO1. The van der Waals surface area contributed by atoms with Crippen molar-refractivity contribution in [2.75, 3.05) is 13.2 Å². The second-order valence-electron chi connectivity index (χ2n) is 3.95. The summed E-state index contributed by atoms with van der Waals surface area (Å²) in [5.41, 5.74) is 0. The maximum Gasteiger partial charge on any atom is 0.0812 e. The first-order chi connectivity index (χ1) is 6.72. The van der Waals surface area contributed by atoms with Crippen molar-refractivity contribution in [3.05, 3.63) is 0 Å². The first-order valence-electron chi connectivity index (χ1n) is 5.95. The summed E-state index contributed by atoms with van der Waals surface area (Å²) in [6, 6.07) is 0. The van der Waals surface area contributed by atoms with Crippen LogP contribution in [0.25, 0.3) is 0 Å². The van der Waals surface area contributed by atoms with Crippen LogP contribution in [0.15, 0.2) is 0 Å². The zero-order valence-corrected chi connectivity index (χ0v) is 10.4. The van der Waals surface area contributed by atoms with E-state index >= 15 is 0 Å². The molecule has 1 fully saturated rings. The molecule has 0 aromatic carbocycles. The Kier molecular flexibility index (Phi) is 8.20. The average Bonchev–Trinajstić information content (AvgIpc) is 2.21. The molecule has 1 heterocycles. The van der Waals surface area contributed by atoms with E-state index in [4.69, 9.17) is 9.47 Å². The van der Waals surface area contributed by atoms with Gasteiger partial charge in [0.15, 0.2) is 0 Å². The van der Waals surface area contributed by atoms with Crippen LogP contribution < -0.4 is 0 Å². The summed E-state index contributed by atoms with van der Waals surface area (Å²) < 4.78 is 11.3. The van der Waals surface area contributed by atoms with Gasteiger partial charge in [-0.3, -0.25) is 0 Å². The molecule has 1 rings (SSSR count). The topological polar surface area (TPSA) is 18.5 Å². The van der Waals surface area contributed by atoms with Gasteiger partial charge in [-0.1, -0.05) is 34.6 Å². The van der Waals surface area contributed by atoms with Crippen LogP contribution in [0.3, 0.4) is 0 Å². The van der Waals surface area contributed by atoms with Crippen LogP contribution in [-0.4, -0.2) is 25.4 Å². The van der Waals surface area contributed by atoms with Crippen LogP contribution in [-0.2, 0) is 9.47 Å².